The van der Waals surface area contributed by atoms with E-state index in [0.717, 1.165) is 19.3 Å². The number of nitrogens with one attached hydrogen (secondary N) is 2. The van der Waals surface area contributed by atoms with Crippen LogP contribution in [0.15, 0.2) is 30.3 Å². The molecule has 1 aromatic rings. The third kappa shape index (κ3) is 3.00. The van der Waals surface area contributed by atoms with Crippen LogP contribution < -0.4 is 10.6 Å². The smallest absolute Gasteiger partial charge is 0.330 e. The minimum absolute atomic E-state index is 0.0195. The lowest BCUT2D eigenvalue weighted by Gasteiger charge is -2.22. The lowest BCUT2D eigenvalue weighted by molar-refractivity contribution is -0.139. The lowest BCUT2D eigenvalue weighted by atomic mass is 9.96. The summed E-state index contributed by atoms with van der Waals surface area (Å²) in [4.78, 5) is 23.4. The van der Waals surface area contributed by atoms with Gasteiger partial charge < -0.3 is 20.5 Å². The van der Waals surface area contributed by atoms with Gasteiger partial charge in [-0.25, -0.2) is 9.59 Å². The highest BCUT2D eigenvalue weighted by Gasteiger charge is 2.41. The van der Waals surface area contributed by atoms with Crippen LogP contribution in [-0.2, 0) is 9.53 Å². The molecule has 0 aromatic heterocycles. The molecule has 0 aliphatic carbocycles. The molecule has 2 fully saturated rings. The van der Waals surface area contributed by atoms with Crippen LogP contribution in [0.5, 0.6) is 0 Å². The first-order chi connectivity index (χ1) is 10.1. The Morgan fingerprint density at radius 3 is 2.57 bits per heavy atom. The summed E-state index contributed by atoms with van der Waals surface area (Å²) in [6, 6.07) is 7.12. The van der Waals surface area contributed by atoms with E-state index in [4.69, 9.17) is 4.74 Å². The van der Waals surface area contributed by atoms with Crippen LogP contribution in [0.25, 0.3) is 0 Å². The number of benzene rings is 1. The van der Waals surface area contributed by atoms with Crippen molar-refractivity contribution in [3.8, 4) is 0 Å². The lowest BCUT2D eigenvalue weighted by Crippen LogP contribution is -2.48. The number of carbonyl (C=O) groups excluding carboxylic acids is 1. The van der Waals surface area contributed by atoms with E-state index in [9.17, 15) is 14.7 Å². The van der Waals surface area contributed by atoms with Gasteiger partial charge in [0.1, 0.15) is 0 Å². The fourth-order valence-electron chi connectivity index (χ4n) is 3.06. The summed E-state index contributed by atoms with van der Waals surface area (Å²) in [5, 5.41) is 14.6. The highest BCUT2D eigenvalue weighted by molar-refractivity contribution is 5.83. The molecular weight excluding hydrogens is 272 g/mol. The van der Waals surface area contributed by atoms with Crippen LogP contribution in [0, 0.1) is 0 Å². The standard InChI is InChI=1S/C15H18N2O4/c18-14(19)13(9-4-2-1-3-5-9)17-15(20)16-11-8-10-6-7-12(11)21-10/h1-5,10-13H,6-8H2,(H,18,19)(H2,16,17,20)/t10?,11?,12?,13-/m0/s1. The van der Waals surface area contributed by atoms with Crippen molar-refractivity contribution in [3.05, 3.63) is 35.9 Å². The van der Waals surface area contributed by atoms with Crippen LogP contribution in [0.2, 0.25) is 0 Å². The zero-order valence-electron chi connectivity index (χ0n) is 11.5. The van der Waals surface area contributed by atoms with Gasteiger partial charge in [0.25, 0.3) is 0 Å². The van der Waals surface area contributed by atoms with E-state index in [0.29, 0.717) is 5.56 Å². The van der Waals surface area contributed by atoms with Gasteiger partial charge >= 0.3 is 12.0 Å². The Morgan fingerprint density at radius 2 is 2.00 bits per heavy atom. The molecule has 3 unspecified atom stereocenters. The summed E-state index contributed by atoms with van der Waals surface area (Å²) in [5.41, 5.74) is 0.546. The van der Waals surface area contributed by atoms with Gasteiger partial charge in [0.2, 0.25) is 0 Å². The van der Waals surface area contributed by atoms with Crippen LogP contribution in [0.4, 0.5) is 4.79 Å². The van der Waals surface area contributed by atoms with Crippen molar-refractivity contribution in [3.63, 3.8) is 0 Å². The van der Waals surface area contributed by atoms with Gasteiger partial charge in [0, 0.05) is 0 Å². The van der Waals surface area contributed by atoms with E-state index < -0.39 is 18.0 Å². The van der Waals surface area contributed by atoms with Gasteiger partial charge in [-0.2, -0.15) is 0 Å². The average molecular weight is 290 g/mol. The molecule has 3 N–H and O–H groups in total. The minimum atomic E-state index is -1.08. The molecule has 2 amide bonds. The molecule has 2 saturated heterocycles. The summed E-state index contributed by atoms with van der Waals surface area (Å²) in [5.74, 6) is -1.08. The number of hydrogen-bond acceptors (Lipinski definition) is 3. The number of hydrogen-bond donors (Lipinski definition) is 3. The number of amides is 2. The first-order valence-corrected chi connectivity index (χ1v) is 7.13. The topological polar surface area (TPSA) is 87.7 Å². The Hall–Kier alpha value is -2.08. The van der Waals surface area contributed by atoms with Gasteiger partial charge in [-0.05, 0) is 24.8 Å². The van der Waals surface area contributed by atoms with E-state index in [-0.39, 0.29) is 18.2 Å². The van der Waals surface area contributed by atoms with Crippen LogP contribution in [-0.4, -0.2) is 35.4 Å². The molecule has 2 aliphatic heterocycles. The number of carboxylic acid groups (broad SMARTS) is 1. The van der Waals surface area contributed by atoms with Gasteiger partial charge in [-0.1, -0.05) is 30.3 Å². The van der Waals surface area contributed by atoms with E-state index >= 15 is 0 Å². The normalized spacial score (nSPS) is 28.1. The van der Waals surface area contributed by atoms with Crippen molar-refractivity contribution in [1.29, 1.82) is 0 Å². The zero-order chi connectivity index (χ0) is 14.8. The second kappa shape index (κ2) is 5.73. The van der Waals surface area contributed by atoms with Crippen LogP contribution >= 0.6 is 0 Å². The number of fused-ring (bicyclic) bond motifs is 2. The molecule has 6 heteroatoms. The summed E-state index contributed by atoms with van der Waals surface area (Å²) >= 11 is 0. The molecule has 4 atom stereocenters. The van der Waals surface area contributed by atoms with Crippen molar-refractivity contribution in [1.82, 2.24) is 10.6 Å². The Bertz CT molecular complexity index is 534. The molecule has 0 spiro atoms. The summed E-state index contributed by atoms with van der Waals surface area (Å²) in [7, 11) is 0. The molecule has 6 nitrogen and oxygen atoms in total. The van der Waals surface area contributed by atoms with Gasteiger partial charge in [0.05, 0.1) is 18.2 Å². The average Bonchev–Trinajstić information content (AvgIpc) is 3.08. The molecule has 112 valence electrons. The number of carbonyl (C=O) groups is 2. The summed E-state index contributed by atoms with van der Waals surface area (Å²) in [6.45, 7) is 0. The number of rotatable bonds is 4. The van der Waals surface area contributed by atoms with Crippen molar-refractivity contribution in [2.75, 3.05) is 0 Å². The monoisotopic (exact) mass is 290 g/mol. The highest BCUT2D eigenvalue weighted by atomic mass is 16.5. The second-order valence-electron chi connectivity index (χ2n) is 5.52. The third-order valence-electron chi connectivity index (χ3n) is 4.08. The Kier molecular flexibility index (Phi) is 3.79. The number of carboxylic acids is 1. The quantitative estimate of drug-likeness (QED) is 0.783. The maximum absolute atomic E-state index is 12.0. The van der Waals surface area contributed by atoms with Crippen molar-refractivity contribution in [2.24, 2.45) is 0 Å². The van der Waals surface area contributed by atoms with E-state index in [1.54, 1.807) is 30.3 Å². The molecular formula is C15H18N2O4. The zero-order valence-corrected chi connectivity index (χ0v) is 11.5. The highest BCUT2D eigenvalue weighted by Crippen LogP contribution is 2.34. The van der Waals surface area contributed by atoms with Gasteiger partial charge in [0.15, 0.2) is 6.04 Å². The molecule has 1 aromatic carbocycles. The van der Waals surface area contributed by atoms with Crippen LogP contribution in [0.1, 0.15) is 30.9 Å². The largest absolute Gasteiger partial charge is 0.479 e. The second-order valence-corrected chi connectivity index (χ2v) is 5.52. The van der Waals surface area contributed by atoms with Gasteiger partial charge in [-0.15, -0.1) is 0 Å². The minimum Gasteiger partial charge on any atom is -0.479 e. The Morgan fingerprint density at radius 1 is 1.24 bits per heavy atom. The first kappa shape index (κ1) is 13.9. The van der Waals surface area contributed by atoms with E-state index in [1.165, 1.54) is 0 Å². The third-order valence-corrected chi connectivity index (χ3v) is 4.08. The molecule has 0 saturated carbocycles. The maximum atomic E-state index is 12.0. The number of aliphatic carboxylic acids is 1. The molecule has 21 heavy (non-hydrogen) atoms. The summed E-state index contributed by atoms with van der Waals surface area (Å²) < 4.78 is 5.66. The van der Waals surface area contributed by atoms with Crippen LogP contribution in [0.3, 0.4) is 0 Å². The van der Waals surface area contributed by atoms with Gasteiger partial charge in [-0.3, -0.25) is 0 Å². The summed E-state index contributed by atoms with van der Waals surface area (Å²) in [6.07, 6.45) is 3.12. The Balaban J connectivity index is 1.61. The maximum Gasteiger partial charge on any atom is 0.330 e. The molecule has 2 heterocycles. The first-order valence-electron chi connectivity index (χ1n) is 7.13. The number of ether oxygens (including phenoxy) is 1. The molecule has 2 aliphatic rings. The fourth-order valence-corrected chi connectivity index (χ4v) is 3.06. The predicted molar refractivity (Wildman–Crippen MR) is 74.8 cm³/mol. The molecule has 2 bridgehead atoms. The van der Waals surface area contributed by atoms with Crippen molar-refractivity contribution < 1.29 is 19.4 Å². The molecule has 0 radical (unpaired) electrons. The van der Waals surface area contributed by atoms with E-state index in [2.05, 4.69) is 10.6 Å². The van der Waals surface area contributed by atoms with E-state index in [1.807, 2.05) is 0 Å². The van der Waals surface area contributed by atoms with Crippen molar-refractivity contribution >= 4 is 12.0 Å². The fraction of sp³-hybridized carbons (Fsp3) is 0.467. The predicted octanol–water partition coefficient (Wildman–Crippen LogP) is 1.43. The van der Waals surface area contributed by atoms with Crippen molar-refractivity contribution in [2.45, 2.75) is 43.6 Å². The Labute approximate surface area is 122 Å². The molecule has 3 rings (SSSR count). The SMILES string of the molecule is O=C(NC1CC2CCC1O2)N[C@H](C(=O)O)c1ccccc1. The number of urea groups is 1.